The number of rotatable bonds is 10. The number of hydrogen-bond donors (Lipinski definition) is 1. The van der Waals surface area contributed by atoms with Crippen LogP contribution in [0.3, 0.4) is 0 Å². The minimum atomic E-state index is -3.63. The highest BCUT2D eigenvalue weighted by atomic mass is 32.2. The zero-order valence-electron chi connectivity index (χ0n) is 23.7. The normalized spacial score (nSPS) is 13.5. The van der Waals surface area contributed by atoms with Crippen molar-refractivity contribution in [1.82, 2.24) is 0 Å². The fraction of sp³-hybridized carbons (Fsp3) is 0.500. The van der Waals surface area contributed by atoms with Gasteiger partial charge >= 0.3 is 5.97 Å². The molecular weight excluding hydrogens is 504 g/mol. The van der Waals surface area contributed by atoms with Crippen LogP contribution in [0.2, 0.25) is 0 Å². The summed E-state index contributed by atoms with van der Waals surface area (Å²) >= 11 is 0. The topological polar surface area (TPSA) is 103 Å². The van der Waals surface area contributed by atoms with Crippen molar-refractivity contribution in [2.45, 2.75) is 77.7 Å². The molecule has 2 aromatic carbocycles. The van der Waals surface area contributed by atoms with E-state index in [4.69, 9.17) is 13.9 Å². The molecule has 1 heterocycles. The Balaban J connectivity index is 2.13. The van der Waals surface area contributed by atoms with Gasteiger partial charge in [0.2, 0.25) is 5.76 Å². The zero-order valence-corrected chi connectivity index (χ0v) is 24.5. The summed E-state index contributed by atoms with van der Waals surface area (Å²) in [4.78, 5) is 12.3. The summed E-state index contributed by atoms with van der Waals surface area (Å²) in [5.74, 6) is -0.132. The molecule has 7 nitrogen and oxygen atoms in total. The first-order chi connectivity index (χ1) is 17.7. The van der Waals surface area contributed by atoms with Gasteiger partial charge in [-0.05, 0) is 73.1 Å². The van der Waals surface area contributed by atoms with Gasteiger partial charge in [0.15, 0.2) is 9.84 Å². The molecule has 0 radical (unpaired) electrons. The molecule has 0 aliphatic heterocycles. The lowest BCUT2D eigenvalue weighted by Crippen LogP contribution is -2.32. The molecule has 0 spiro atoms. The molecule has 1 unspecified atom stereocenters. The Morgan fingerprint density at radius 3 is 2.24 bits per heavy atom. The molecule has 0 saturated heterocycles. The van der Waals surface area contributed by atoms with Gasteiger partial charge in [-0.2, -0.15) is 0 Å². The Morgan fingerprint density at radius 1 is 1.03 bits per heavy atom. The number of fused-ring (bicyclic) bond motifs is 1. The number of aliphatic hydroxyl groups is 1. The first-order valence-corrected chi connectivity index (χ1v) is 14.9. The Labute approximate surface area is 226 Å². The van der Waals surface area contributed by atoms with Crippen LogP contribution in [0.25, 0.3) is 11.0 Å². The summed E-state index contributed by atoms with van der Waals surface area (Å²) < 4.78 is 42.4. The standard InChI is InChI=1S/C30H40O7S/c1-9-30(10-2,22-14-19(4)27-20(15-22)16-24(37-27)28(32)35-11-3)21-12-13-23(25(17-21)38(8,33)34)36-18-26(31)29(5,6)7/h12-17,26,31H,9-11,18H2,1-8H3. The van der Waals surface area contributed by atoms with Crippen LogP contribution in [0.15, 0.2) is 45.7 Å². The van der Waals surface area contributed by atoms with E-state index in [9.17, 15) is 18.3 Å². The number of aliphatic hydroxyl groups excluding tert-OH is 1. The van der Waals surface area contributed by atoms with Crippen molar-refractivity contribution in [3.8, 4) is 5.75 Å². The van der Waals surface area contributed by atoms with Crippen molar-refractivity contribution in [2.75, 3.05) is 19.5 Å². The lowest BCUT2D eigenvalue weighted by atomic mass is 9.70. The lowest BCUT2D eigenvalue weighted by molar-refractivity contribution is 0.0209. The van der Waals surface area contributed by atoms with Crippen LogP contribution in [-0.2, 0) is 20.0 Å². The molecule has 0 saturated carbocycles. The molecule has 1 atom stereocenters. The first-order valence-electron chi connectivity index (χ1n) is 13.0. The molecule has 0 aliphatic carbocycles. The number of esters is 1. The van der Waals surface area contributed by atoms with Crippen LogP contribution in [0.5, 0.6) is 5.75 Å². The highest BCUT2D eigenvalue weighted by molar-refractivity contribution is 7.90. The minimum Gasteiger partial charge on any atom is -0.490 e. The first kappa shape index (κ1) is 29.7. The van der Waals surface area contributed by atoms with Crippen LogP contribution < -0.4 is 4.74 Å². The number of furan rings is 1. The van der Waals surface area contributed by atoms with Crippen LogP contribution >= 0.6 is 0 Å². The number of ether oxygens (including phenoxy) is 2. The Bertz CT molecular complexity index is 1410. The van der Waals surface area contributed by atoms with Crippen LogP contribution in [0, 0.1) is 12.3 Å². The van der Waals surface area contributed by atoms with Gasteiger partial charge in [-0.15, -0.1) is 0 Å². The van der Waals surface area contributed by atoms with Crippen LogP contribution in [-0.4, -0.2) is 45.1 Å². The van der Waals surface area contributed by atoms with E-state index in [2.05, 4.69) is 13.8 Å². The van der Waals surface area contributed by atoms with E-state index < -0.39 is 32.7 Å². The van der Waals surface area contributed by atoms with Gasteiger partial charge in [-0.3, -0.25) is 0 Å². The number of carbonyl (C=O) groups excluding carboxylic acids is 1. The second-order valence-corrected chi connectivity index (χ2v) is 12.9. The molecular formula is C30H40O7S. The minimum absolute atomic E-state index is 0.0167. The van der Waals surface area contributed by atoms with Gasteiger partial charge in [0.25, 0.3) is 0 Å². The number of sulfone groups is 1. The number of carbonyl (C=O) groups is 1. The smallest absolute Gasteiger partial charge is 0.374 e. The summed E-state index contributed by atoms with van der Waals surface area (Å²) in [7, 11) is -3.63. The molecule has 0 aliphatic rings. The van der Waals surface area contributed by atoms with Gasteiger partial charge in [0.1, 0.15) is 22.8 Å². The largest absolute Gasteiger partial charge is 0.490 e. The maximum absolute atomic E-state index is 12.8. The van der Waals surface area contributed by atoms with E-state index in [0.29, 0.717) is 18.4 Å². The van der Waals surface area contributed by atoms with Crippen molar-refractivity contribution in [3.05, 3.63) is 58.8 Å². The fourth-order valence-electron chi connectivity index (χ4n) is 4.77. The summed E-state index contributed by atoms with van der Waals surface area (Å²) in [6, 6.07) is 11.0. The van der Waals surface area contributed by atoms with E-state index in [-0.39, 0.29) is 29.6 Å². The summed E-state index contributed by atoms with van der Waals surface area (Å²) in [6.07, 6.45) is 1.83. The SMILES string of the molecule is CCOC(=O)c1cc2cc(C(CC)(CC)c3ccc(OCC(O)C(C)(C)C)c(S(C)(=O)=O)c3)cc(C)c2o1. The van der Waals surface area contributed by atoms with Crippen molar-refractivity contribution in [1.29, 1.82) is 0 Å². The third-order valence-corrected chi connectivity index (χ3v) is 8.45. The molecule has 0 bridgehead atoms. The second-order valence-electron chi connectivity index (χ2n) is 11.0. The second kappa shape index (κ2) is 11.1. The maximum Gasteiger partial charge on any atom is 0.374 e. The Kier molecular flexibility index (Phi) is 8.68. The van der Waals surface area contributed by atoms with E-state index in [0.717, 1.165) is 28.3 Å². The zero-order chi connectivity index (χ0) is 28.5. The molecule has 3 rings (SSSR count). The van der Waals surface area contributed by atoms with Gasteiger partial charge in [-0.25, -0.2) is 13.2 Å². The molecule has 0 amide bonds. The van der Waals surface area contributed by atoms with E-state index in [1.165, 1.54) is 0 Å². The summed E-state index contributed by atoms with van der Waals surface area (Å²) in [6.45, 7) is 13.8. The van der Waals surface area contributed by atoms with Crippen LogP contribution in [0.4, 0.5) is 0 Å². The highest BCUT2D eigenvalue weighted by Crippen LogP contribution is 2.43. The molecule has 208 valence electrons. The third kappa shape index (κ3) is 5.91. The lowest BCUT2D eigenvalue weighted by Gasteiger charge is -2.34. The molecule has 0 fully saturated rings. The molecule has 1 aromatic heterocycles. The average Bonchev–Trinajstić information content (AvgIpc) is 3.28. The number of hydrogen-bond acceptors (Lipinski definition) is 7. The molecule has 1 N–H and O–H groups in total. The Morgan fingerprint density at radius 2 is 1.68 bits per heavy atom. The van der Waals surface area contributed by atoms with Crippen molar-refractivity contribution >= 4 is 26.8 Å². The van der Waals surface area contributed by atoms with E-state index >= 15 is 0 Å². The third-order valence-electron chi connectivity index (χ3n) is 7.33. The van der Waals surface area contributed by atoms with Crippen molar-refractivity contribution < 1.29 is 32.2 Å². The number of aryl methyl sites for hydroxylation is 1. The average molecular weight is 545 g/mol. The van der Waals surface area contributed by atoms with Gasteiger partial charge in [-0.1, -0.05) is 46.8 Å². The molecule has 38 heavy (non-hydrogen) atoms. The quantitative estimate of drug-likeness (QED) is 0.303. The summed E-state index contributed by atoms with van der Waals surface area (Å²) in [5.41, 5.74) is 2.44. The molecule has 8 heteroatoms. The van der Waals surface area contributed by atoms with Crippen molar-refractivity contribution in [2.24, 2.45) is 5.41 Å². The van der Waals surface area contributed by atoms with Crippen molar-refractivity contribution in [3.63, 3.8) is 0 Å². The Hall–Kier alpha value is -2.84. The monoisotopic (exact) mass is 544 g/mol. The van der Waals surface area contributed by atoms with Crippen LogP contribution in [0.1, 0.15) is 81.6 Å². The highest BCUT2D eigenvalue weighted by Gasteiger charge is 2.34. The van der Waals surface area contributed by atoms with Gasteiger partial charge < -0.3 is 19.0 Å². The number of benzene rings is 2. The predicted molar refractivity (Wildman–Crippen MR) is 149 cm³/mol. The summed E-state index contributed by atoms with van der Waals surface area (Å²) in [5, 5.41) is 11.2. The van der Waals surface area contributed by atoms with Gasteiger partial charge in [0, 0.05) is 17.1 Å². The van der Waals surface area contributed by atoms with E-state index in [1.54, 1.807) is 25.1 Å². The predicted octanol–water partition coefficient (Wildman–Crippen LogP) is 6.21. The maximum atomic E-state index is 12.8. The molecule has 3 aromatic rings. The fourth-order valence-corrected chi connectivity index (χ4v) is 5.61. The van der Waals surface area contributed by atoms with Gasteiger partial charge in [0.05, 0.1) is 12.7 Å². The van der Waals surface area contributed by atoms with E-state index in [1.807, 2.05) is 45.9 Å².